The van der Waals surface area contributed by atoms with Crippen LogP contribution in [0.1, 0.15) is 19.3 Å². The van der Waals surface area contributed by atoms with E-state index in [0.29, 0.717) is 19.3 Å². The molecule has 0 aromatic rings. The van der Waals surface area contributed by atoms with E-state index >= 15 is 0 Å². The van der Waals surface area contributed by atoms with Crippen LogP contribution in [0.15, 0.2) is 0 Å². The van der Waals surface area contributed by atoms with Gasteiger partial charge in [-0.1, -0.05) is 0 Å². The molecule has 1 aliphatic carbocycles. The van der Waals surface area contributed by atoms with Gasteiger partial charge in [-0.25, -0.2) is 0 Å². The first kappa shape index (κ1) is 11.4. The van der Waals surface area contributed by atoms with Crippen molar-refractivity contribution >= 4 is 23.6 Å². The molecule has 80 valence electrons. The Bertz CT molecular complexity index is 238. The minimum atomic E-state index is -0.789. The highest BCUT2D eigenvalue weighted by Crippen LogP contribution is 2.45. The first-order valence-corrected chi connectivity index (χ1v) is 5.99. The summed E-state index contributed by atoms with van der Waals surface area (Å²) in [5.41, 5.74) is -0.644. The summed E-state index contributed by atoms with van der Waals surface area (Å²) in [6, 6.07) is 0. The minimum absolute atomic E-state index is 0.0492. The van der Waals surface area contributed by atoms with Gasteiger partial charge in [0.05, 0.1) is 5.41 Å². The van der Waals surface area contributed by atoms with Gasteiger partial charge in [0.1, 0.15) is 0 Å². The molecule has 0 atom stereocenters. The number of amides is 1. The topological polar surface area (TPSA) is 66.4 Å². The molecule has 0 aliphatic heterocycles. The van der Waals surface area contributed by atoms with Crippen molar-refractivity contribution in [2.75, 3.05) is 18.6 Å². The second kappa shape index (κ2) is 4.68. The van der Waals surface area contributed by atoms with E-state index in [1.54, 1.807) is 11.8 Å². The molecule has 1 fully saturated rings. The number of hydrogen-bond acceptors (Lipinski definition) is 3. The molecule has 0 spiro atoms. The summed E-state index contributed by atoms with van der Waals surface area (Å²) in [4.78, 5) is 21.9. The Morgan fingerprint density at radius 1 is 1.50 bits per heavy atom. The standard InChI is InChI=1S/C9H15NO3S/c1-14-5-2-7(11)10-6-9(3-4-9)8(12)13/h2-6H2,1H3,(H,10,11)(H,12,13). The van der Waals surface area contributed by atoms with Crippen molar-refractivity contribution in [2.45, 2.75) is 19.3 Å². The monoisotopic (exact) mass is 217 g/mol. The van der Waals surface area contributed by atoms with Crippen molar-refractivity contribution in [2.24, 2.45) is 5.41 Å². The van der Waals surface area contributed by atoms with Gasteiger partial charge >= 0.3 is 5.97 Å². The van der Waals surface area contributed by atoms with Gasteiger partial charge in [0.2, 0.25) is 5.91 Å². The summed E-state index contributed by atoms with van der Waals surface area (Å²) in [6.07, 6.45) is 3.78. The zero-order valence-corrected chi connectivity index (χ0v) is 9.02. The normalized spacial score (nSPS) is 17.5. The molecule has 5 heteroatoms. The Morgan fingerprint density at radius 2 is 2.14 bits per heavy atom. The van der Waals surface area contributed by atoms with Gasteiger partial charge in [0.15, 0.2) is 0 Å². The van der Waals surface area contributed by atoms with Crippen LogP contribution < -0.4 is 5.32 Å². The van der Waals surface area contributed by atoms with Gasteiger partial charge in [-0.15, -0.1) is 0 Å². The van der Waals surface area contributed by atoms with Crippen molar-refractivity contribution in [1.29, 1.82) is 0 Å². The number of rotatable bonds is 6. The van der Waals surface area contributed by atoms with E-state index in [0.717, 1.165) is 5.75 Å². The van der Waals surface area contributed by atoms with Crippen LogP contribution in [0.25, 0.3) is 0 Å². The van der Waals surface area contributed by atoms with Crippen LogP contribution in [0.3, 0.4) is 0 Å². The van der Waals surface area contributed by atoms with Crippen molar-refractivity contribution in [3.05, 3.63) is 0 Å². The molecular formula is C9H15NO3S. The Labute approximate surface area is 87.4 Å². The van der Waals surface area contributed by atoms with Gasteiger partial charge in [-0.2, -0.15) is 11.8 Å². The summed E-state index contributed by atoms with van der Waals surface area (Å²) >= 11 is 1.61. The fourth-order valence-electron chi connectivity index (χ4n) is 1.17. The van der Waals surface area contributed by atoms with Gasteiger partial charge in [0.25, 0.3) is 0 Å². The quantitative estimate of drug-likeness (QED) is 0.688. The summed E-state index contributed by atoms with van der Waals surface area (Å²) in [6.45, 7) is 0.287. The number of carboxylic acid groups (broad SMARTS) is 1. The molecule has 4 nitrogen and oxygen atoms in total. The number of carbonyl (C=O) groups is 2. The van der Waals surface area contributed by atoms with Crippen molar-refractivity contribution in [3.63, 3.8) is 0 Å². The van der Waals surface area contributed by atoms with E-state index in [1.165, 1.54) is 0 Å². The predicted octanol–water partition coefficient (Wildman–Crippen LogP) is 0.720. The number of carbonyl (C=O) groups excluding carboxylic acids is 1. The molecular weight excluding hydrogens is 202 g/mol. The number of carboxylic acids is 1. The van der Waals surface area contributed by atoms with E-state index in [1.807, 2.05) is 6.26 Å². The molecule has 0 unspecified atom stereocenters. The molecule has 0 aromatic carbocycles. The van der Waals surface area contributed by atoms with Crippen molar-refractivity contribution < 1.29 is 14.7 Å². The highest BCUT2D eigenvalue weighted by molar-refractivity contribution is 7.98. The number of hydrogen-bond donors (Lipinski definition) is 2. The lowest BCUT2D eigenvalue weighted by molar-refractivity contribution is -0.143. The van der Waals surface area contributed by atoms with Gasteiger partial charge in [-0.3, -0.25) is 9.59 Å². The number of aliphatic carboxylic acids is 1. The lowest BCUT2D eigenvalue weighted by atomic mass is 10.1. The zero-order valence-electron chi connectivity index (χ0n) is 8.21. The lowest BCUT2D eigenvalue weighted by Gasteiger charge is -2.10. The molecule has 0 heterocycles. The molecule has 14 heavy (non-hydrogen) atoms. The fraction of sp³-hybridized carbons (Fsp3) is 0.778. The summed E-state index contributed by atoms with van der Waals surface area (Å²) < 4.78 is 0. The van der Waals surface area contributed by atoms with Gasteiger partial charge < -0.3 is 10.4 Å². The number of nitrogens with one attached hydrogen (secondary N) is 1. The van der Waals surface area contributed by atoms with Crippen LogP contribution in [0.4, 0.5) is 0 Å². The Kier molecular flexibility index (Phi) is 3.80. The molecule has 0 aromatic heterocycles. The lowest BCUT2D eigenvalue weighted by Crippen LogP contribution is -2.34. The number of thioether (sulfide) groups is 1. The van der Waals surface area contributed by atoms with Crippen molar-refractivity contribution in [3.8, 4) is 0 Å². The maximum atomic E-state index is 11.2. The molecule has 0 bridgehead atoms. The van der Waals surface area contributed by atoms with Crippen LogP contribution in [-0.4, -0.2) is 35.5 Å². The highest BCUT2D eigenvalue weighted by Gasteiger charge is 2.50. The first-order valence-electron chi connectivity index (χ1n) is 4.60. The summed E-state index contributed by atoms with van der Waals surface area (Å²) in [5, 5.41) is 11.5. The third-order valence-corrected chi connectivity index (χ3v) is 3.08. The summed E-state index contributed by atoms with van der Waals surface area (Å²) in [7, 11) is 0. The Hall–Kier alpha value is -0.710. The smallest absolute Gasteiger partial charge is 0.311 e. The first-order chi connectivity index (χ1) is 6.60. The van der Waals surface area contributed by atoms with Gasteiger partial charge in [-0.05, 0) is 19.1 Å². The van der Waals surface area contributed by atoms with E-state index in [2.05, 4.69) is 5.32 Å². The zero-order chi connectivity index (χ0) is 10.6. The van der Waals surface area contributed by atoms with E-state index in [4.69, 9.17) is 5.11 Å². The third-order valence-electron chi connectivity index (χ3n) is 2.46. The molecule has 1 rings (SSSR count). The maximum Gasteiger partial charge on any atom is 0.311 e. The second-order valence-corrected chi connectivity index (χ2v) is 4.59. The molecule has 0 radical (unpaired) electrons. The van der Waals surface area contributed by atoms with Crippen LogP contribution >= 0.6 is 11.8 Å². The fourth-order valence-corrected chi connectivity index (χ4v) is 1.56. The van der Waals surface area contributed by atoms with E-state index in [-0.39, 0.29) is 12.5 Å². The average Bonchev–Trinajstić information content (AvgIpc) is 2.92. The SMILES string of the molecule is CSCCC(=O)NCC1(C(=O)O)CC1. The molecule has 2 N–H and O–H groups in total. The molecule has 1 amide bonds. The van der Waals surface area contributed by atoms with Crippen LogP contribution in [0, 0.1) is 5.41 Å². The van der Waals surface area contributed by atoms with Crippen LogP contribution in [0.2, 0.25) is 0 Å². The second-order valence-electron chi connectivity index (χ2n) is 3.61. The minimum Gasteiger partial charge on any atom is -0.481 e. The van der Waals surface area contributed by atoms with E-state index < -0.39 is 11.4 Å². The molecule has 0 saturated heterocycles. The highest BCUT2D eigenvalue weighted by atomic mass is 32.2. The van der Waals surface area contributed by atoms with Crippen LogP contribution in [-0.2, 0) is 9.59 Å². The van der Waals surface area contributed by atoms with Crippen LogP contribution in [0.5, 0.6) is 0 Å². The third kappa shape index (κ3) is 2.90. The Balaban J connectivity index is 2.20. The van der Waals surface area contributed by atoms with E-state index in [9.17, 15) is 9.59 Å². The molecule has 1 aliphatic rings. The van der Waals surface area contributed by atoms with Crippen molar-refractivity contribution in [1.82, 2.24) is 5.32 Å². The predicted molar refractivity (Wildman–Crippen MR) is 55.3 cm³/mol. The summed E-state index contributed by atoms with van der Waals surface area (Å²) in [5.74, 6) is -0.0548. The Morgan fingerprint density at radius 3 is 2.57 bits per heavy atom. The molecule has 1 saturated carbocycles. The average molecular weight is 217 g/mol. The maximum absolute atomic E-state index is 11.2. The van der Waals surface area contributed by atoms with Gasteiger partial charge in [0, 0.05) is 18.7 Å². The largest absolute Gasteiger partial charge is 0.481 e.